The fraction of sp³-hybridized carbons (Fsp3) is 0.500. The third-order valence-corrected chi connectivity index (χ3v) is 4.08. The summed E-state index contributed by atoms with van der Waals surface area (Å²) in [6.45, 7) is 4.14. The summed E-state index contributed by atoms with van der Waals surface area (Å²) in [5.74, 6) is 0. The highest BCUT2D eigenvalue weighted by Gasteiger charge is 2.16. The molecule has 0 radical (unpaired) electrons. The van der Waals surface area contributed by atoms with Crippen LogP contribution in [0.15, 0.2) is 18.2 Å². The van der Waals surface area contributed by atoms with E-state index in [9.17, 15) is 10.1 Å². The molecular weight excluding hydrogens is 345 g/mol. The molecule has 2 rings (SSSR count). The first-order valence-corrected chi connectivity index (χ1v) is 7.03. The van der Waals surface area contributed by atoms with Crippen LogP contribution in [0, 0.1) is 13.7 Å². The lowest BCUT2D eigenvalue weighted by molar-refractivity contribution is -0.385. The maximum atomic E-state index is 10.8. The molecule has 18 heavy (non-hydrogen) atoms. The Bertz CT molecular complexity index is 453. The number of nitro benzene ring substituents is 1. The van der Waals surface area contributed by atoms with E-state index in [-0.39, 0.29) is 10.6 Å². The van der Waals surface area contributed by atoms with Crippen molar-refractivity contribution in [3.63, 3.8) is 0 Å². The predicted octanol–water partition coefficient (Wildman–Crippen LogP) is 2.34. The Kier molecular flexibility index (Phi) is 4.39. The molecule has 6 heteroatoms. The number of nitro groups is 1. The van der Waals surface area contributed by atoms with Gasteiger partial charge in [-0.25, -0.2) is 0 Å². The molecule has 0 saturated carbocycles. The lowest BCUT2D eigenvalue weighted by atomic mass is 10.2. The molecule has 1 saturated heterocycles. The fourth-order valence-corrected chi connectivity index (χ4v) is 2.84. The Balaban J connectivity index is 2.18. The average Bonchev–Trinajstić information content (AvgIpc) is 2.53. The normalized spacial score (nSPS) is 17.6. The minimum atomic E-state index is -0.332. The molecule has 0 aliphatic carbocycles. The van der Waals surface area contributed by atoms with Gasteiger partial charge in [0.05, 0.1) is 8.49 Å². The van der Waals surface area contributed by atoms with E-state index in [2.05, 4.69) is 16.8 Å². The highest BCUT2D eigenvalue weighted by Crippen LogP contribution is 2.26. The molecule has 1 heterocycles. The number of nitrogens with zero attached hydrogens (tertiary/aromatic N) is 3. The first-order valence-electron chi connectivity index (χ1n) is 5.95. The minimum absolute atomic E-state index is 0.186. The number of likely N-dealkylation sites (N-methyl/N-ethyl adjacent to an activating group) is 1. The van der Waals surface area contributed by atoms with E-state index in [0.29, 0.717) is 3.57 Å². The Morgan fingerprint density at radius 2 is 2.06 bits per heavy atom. The van der Waals surface area contributed by atoms with Gasteiger partial charge in [0.15, 0.2) is 0 Å². The highest BCUT2D eigenvalue weighted by atomic mass is 127. The molecule has 1 aliphatic rings. The summed E-state index contributed by atoms with van der Waals surface area (Å²) in [5.41, 5.74) is 1.27. The summed E-state index contributed by atoms with van der Waals surface area (Å²) in [7, 11) is 2.13. The number of hydrogen-bond acceptors (Lipinski definition) is 4. The minimum Gasteiger partial charge on any atom is -0.370 e. The summed E-state index contributed by atoms with van der Waals surface area (Å²) >= 11 is 2.03. The van der Waals surface area contributed by atoms with Crippen LogP contribution in [0.1, 0.15) is 6.42 Å². The second-order valence-corrected chi connectivity index (χ2v) is 5.70. The van der Waals surface area contributed by atoms with Gasteiger partial charge >= 0.3 is 0 Å². The topological polar surface area (TPSA) is 49.6 Å². The zero-order valence-electron chi connectivity index (χ0n) is 10.3. The van der Waals surface area contributed by atoms with Crippen molar-refractivity contribution in [3.8, 4) is 0 Å². The van der Waals surface area contributed by atoms with Gasteiger partial charge in [0.1, 0.15) is 0 Å². The molecule has 0 bridgehead atoms. The number of halogens is 1. The van der Waals surface area contributed by atoms with Crippen molar-refractivity contribution in [1.29, 1.82) is 0 Å². The van der Waals surface area contributed by atoms with Gasteiger partial charge in [-0.2, -0.15) is 0 Å². The summed E-state index contributed by atoms with van der Waals surface area (Å²) in [4.78, 5) is 15.1. The Labute approximate surface area is 120 Å². The zero-order chi connectivity index (χ0) is 13.1. The monoisotopic (exact) mass is 361 g/mol. The molecule has 1 aromatic rings. The Morgan fingerprint density at radius 1 is 1.28 bits per heavy atom. The van der Waals surface area contributed by atoms with Crippen LogP contribution in [-0.4, -0.2) is 43.0 Å². The molecule has 0 N–H and O–H groups in total. The number of rotatable bonds is 2. The smallest absolute Gasteiger partial charge is 0.282 e. The van der Waals surface area contributed by atoms with E-state index in [1.807, 2.05) is 34.7 Å². The van der Waals surface area contributed by atoms with Gasteiger partial charge < -0.3 is 9.80 Å². The van der Waals surface area contributed by atoms with Crippen molar-refractivity contribution in [1.82, 2.24) is 4.90 Å². The molecule has 0 spiro atoms. The van der Waals surface area contributed by atoms with Crippen LogP contribution in [-0.2, 0) is 0 Å². The van der Waals surface area contributed by atoms with Gasteiger partial charge in [-0.1, -0.05) is 0 Å². The second-order valence-electron chi connectivity index (χ2n) is 4.54. The fourth-order valence-electron chi connectivity index (χ4n) is 2.15. The van der Waals surface area contributed by atoms with Crippen LogP contribution in [0.3, 0.4) is 0 Å². The number of benzene rings is 1. The van der Waals surface area contributed by atoms with Crippen molar-refractivity contribution in [2.45, 2.75) is 6.42 Å². The average molecular weight is 361 g/mol. The van der Waals surface area contributed by atoms with Crippen LogP contribution in [0.5, 0.6) is 0 Å². The zero-order valence-corrected chi connectivity index (χ0v) is 12.5. The Morgan fingerprint density at radius 3 is 2.72 bits per heavy atom. The molecule has 0 atom stereocenters. The van der Waals surface area contributed by atoms with Crippen molar-refractivity contribution < 1.29 is 4.92 Å². The highest BCUT2D eigenvalue weighted by molar-refractivity contribution is 14.1. The largest absolute Gasteiger partial charge is 0.370 e. The first-order chi connectivity index (χ1) is 8.58. The Hall–Kier alpha value is -0.890. The standard InChI is InChI=1S/C12H16IN3O2/c1-14-5-2-6-15(8-7-14)10-3-4-12(16(17)18)11(13)9-10/h3-4,9H,2,5-8H2,1H3. The van der Waals surface area contributed by atoms with Gasteiger partial charge in [0.2, 0.25) is 0 Å². The maximum absolute atomic E-state index is 10.8. The van der Waals surface area contributed by atoms with Crippen LogP contribution in [0.25, 0.3) is 0 Å². The summed E-state index contributed by atoms with van der Waals surface area (Å²) in [6, 6.07) is 5.36. The van der Waals surface area contributed by atoms with E-state index in [0.717, 1.165) is 38.3 Å². The van der Waals surface area contributed by atoms with Crippen molar-refractivity contribution >= 4 is 34.0 Å². The molecule has 1 aromatic carbocycles. The van der Waals surface area contributed by atoms with Crippen molar-refractivity contribution in [2.24, 2.45) is 0 Å². The van der Waals surface area contributed by atoms with E-state index >= 15 is 0 Å². The van der Waals surface area contributed by atoms with E-state index < -0.39 is 0 Å². The van der Waals surface area contributed by atoms with Gasteiger partial charge in [-0.05, 0) is 54.7 Å². The maximum Gasteiger partial charge on any atom is 0.282 e. The van der Waals surface area contributed by atoms with Crippen LogP contribution in [0.4, 0.5) is 11.4 Å². The van der Waals surface area contributed by atoms with Gasteiger partial charge in [0, 0.05) is 31.4 Å². The molecule has 5 nitrogen and oxygen atoms in total. The SMILES string of the molecule is CN1CCCN(c2ccc([N+](=O)[O-])c(I)c2)CC1. The summed E-state index contributed by atoms with van der Waals surface area (Å²) in [6.07, 6.45) is 1.13. The lowest BCUT2D eigenvalue weighted by Crippen LogP contribution is -2.28. The third kappa shape index (κ3) is 3.11. The molecule has 0 unspecified atom stereocenters. The molecule has 0 aromatic heterocycles. The second kappa shape index (κ2) is 5.83. The molecule has 0 amide bonds. The van der Waals surface area contributed by atoms with E-state index in [4.69, 9.17) is 0 Å². The molecular formula is C12H16IN3O2. The van der Waals surface area contributed by atoms with E-state index in [1.165, 1.54) is 0 Å². The summed E-state index contributed by atoms with van der Waals surface area (Å²) < 4.78 is 0.702. The number of hydrogen-bond donors (Lipinski definition) is 0. The van der Waals surface area contributed by atoms with Crippen molar-refractivity contribution in [2.75, 3.05) is 38.1 Å². The number of anilines is 1. The molecule has 1 aliphatic heterocycles. The predicted molar refractivity (Wildman–Crippen MR) is 80.1 cm³/mol. The molecule has 98 valence electrons. The van der Waals surface area contributed by atoms with Crippen LogP contribution < -0.4 is 4.90 Å². The van der Waals surface area contributed by atoms with Gasteiger partial charge in [-0.3, -0.25) is 10.1 Å². The van der Waals surface area contributed by atoms with Crippen molar-refractivity contribution in [3.05, 3.63) is 31.9 Å². The van der Waals surface area contributed by atoms with Crippen LogP contribution in [0.2, 0.25) is 0 Å². The first kappa shape index (κ1) is 13.5. The third-order valence-electron chi connectivity index (χ3n) is 3.21. The lowest BCUT2D eigenvalue weighted by Gasteiger charge is -2.22. The van der Waals surface area contributed by atoms with Gasteiger partial charge in [-0.15, -0.1) is 0 Å². The van der Waals surface area contributed by atoms with E-state index in [1.54, 1.807) is 6.07 Å². The van der Waals surface area contributed by atoms with Gasteiger partial charge in [0.25, 0.3) is 5.69 Å². The summed E-state index contributed by atoms with van der Waals surface area (Å²) in [5, 5.41) is 10.8. The quantitative estimate of drug-likeness (QED) is 0.461. The molecule has 1 fully saturated rings. The van der Waals surface area contributed by atoms with Crippen LogP contribution >= 0.6 is 22.6 Å².